The molecule has 0 aliphatic carbocycles. The Labute approximate surface area is 305 Å². The maximum Gasteiger partial charge on any atom is 0.304 e. The van der Waals surface area contributed by atoms with E-state index in [1.165, 1.54) is 0 Å². The minimum atomic E-state index is -4.40. The van der Waals surface area contributed by atoms with Crippen LogP contribution in [0, 0.1) is 26.7 Å². The highest BCUT2D eigenvalue weighted by atomic mass is 35.5. The molecule has 264 valence electrons. The van der Waals surface area contributed by atoms with Crippen LogP contribution in [0.5, 0.6) is 0 Å². The van der Waals surface area contributed by atoms with E-state index in [1.54, 1.807) is 41.0 Å². The Morgan fingerprint density at radius 1 is 0.960 bits per heavy atom. The summed E-state index contributed by atoms with van der Waals surface area (Å²) in [6.07, 6.45) is 2.43. The molecule has 0 aliphatic rings. The van der Waals surface area contributed by atoms with E-state index in [0.717, 1.165) is 84.4 Å². The molecule has 13 heteroatoms. The molecule has 0 radical (unpaired) electrons. The lowest BCUT2D eigenvalue weighted by atomic mass is 10.0. The second kappa shape index (κ2) is 15.2. The van der Waals surface area contributed by atoms with Gasteiger partial charge in [0.1, 0.15) is 5.76 Å². The normalized spacial score (nSPS) is 11.7. The van der Waals surface area contributed by atoms with Crippen molar-refractivity contribution < 1.29 is 17.5 Å². The van der Waals surface area contributed by atoms with Gasteiger partial charge in [0.15, 0.2) is 10.0 Å². The molecule has 1 aromatic carbocycles. The molecule has 6 rings (SSSR count). The third-order valence-corrected chi connectivity index (χ3v) is 12.0. The van der Waals surface area contributed by atoms with Gasteiger partial charge in [0.2, 0.25) is 0 Å². The van der Waals surface area contributed by atoms with Gasteiger partial charge in [-0.2, -0.15) is 8.42 Å². The standard InChI is InChI=1S/C29H27ClN2O4S3.C8H14N2O/c1-5-19-13-26-22(25(6-2)31-19)14-23(27-10-7-16(3)37-27)28(33)32(26)15-18-8-9-20(24(30)12-18)21-11-17(4)38-29(21)39(34,35)36;1-5(2)4-7-6(3)11-10-8(7)9/h7-14H,5-6,15H2,1-4H3,(H,34,35,36);5H,4H2,1-3H3,(H2,9,10). The number of rotatable bonds is 9. The number of nitrogens with two attached hydrogens (primary N) is 1. The zero-order chi connectivity index (χ0) is 36.5. The van der Waals surface area contributed by atoms with Crippen molar-refractivity contribution >= 4 is 61.1 Å². The Hall–Kier alpha value is -3.81. The first kappa shape index (κ1) is 37.4. The Morgan fingerprint density at radius 2 is 1.70 bits per heavy atom. The molecule has 0 spiro atoms. The molecule has 5 heterocycles. The average Bonchev–Trinajstić information content (AvgIpc) is 3.76. The molecule has 0 unspecified atom stereocenters. The van der Waals surface area contributed by atoms with Crippen molar-refractivity contribution in [1.29, 1.82) is 0 Å². The molecule has 9 nitrogen and oxygen atoms in total. The molecule has 5 aromatic heterocycles. The number of halogens is 1. The number of hydrogen-bond acceptors (Lipinski definition) is 9. The molecule has 3 N–H and O–H groups in total. The molecule has 0 fully saturated rings. The number of aryl methyl sites for hydroxylation is 5. The Balaban J connectivity index is 0.000000377. The van der Waals surface area contributed by atoms with E-state index < -0.39 is 10.1 Å². The van der Waals surface area contributed by atoms with Crippen LogP contribution in [0.1, 0.15) is 65.7 Å². The number of hydrogen-bond donors (Lipinski definition) is 2. The topological polar surface area (TPSA) is 141 Å². The van der Waals surface area contributed by atoms with E-state index in [1.807, 2.05) is 51.1 Å². The highest BCUT2D eigenvalue weighted by Gasteiger charge is 2.22. The van der Waals surface area contributed by atoms with Crippen molar-refractivity contribution in [2.75, 3.05) is 5.73 Å². The predicted molar refractivity (Wildman–Crippen MR) is 205 cm³/mol. The van der Waals surface area contributed by atoms with Crippen molar-refractivity contribution in [3.63, 3.8) is 0 Å². The van der Waals surface area contributed by atoms with Crippen LogP contribution in [0.15, 0.2) is 62.1 Å². The Kier molecular flexibility index (Phi) is 11.4. The van der Waals surface area contributed by atoms with E-state index in [2.05, 4.69) is 25.9 Å². The largest absolute Gasteiger partial charge is 0.381 e. The summed E-state index contributed by atoms with van der Waals surface area (Å²) in [7, 11) is -4.40. The number of fused-ring (bicyclic) bond motifs is 1. The highest BCUT2D eigenvalue weighted by molar-refractivity contribution is 7.88. The number of benzene rings is 1. The molecule has 0 aliphatic heterocycles. The van der Waals surface area contributed by atoms with Gasteiger partial charge < -0.3 is 14.8 Å². The molecule has 0 saturated carbocycles. The summed E-state index contributed by atoms with van der Waals surface area (Å²) in [6, 6.07) is 15.0. The van der Waals surface area contributed by atoms with Crippen molar-refractivity contribution in [2.24, 2.45) is 5.92 Å². The van der Waals surface area contributed by atoms with Crippen LogP contribution < -0.4 is 11.3 Å². The number of pyridine rings is 2. The smallest absolute Gasteiger partial charge is 0.304 e. The van der Waals surface area contributed by atoms with Crippen LogP contribution >= 0.6 is 34.3 Å². The van der Waals surface area contributed by atoms with Gasteiger partial charge in [-0.1, -0.05) is 56.6 Å². The minimum absolute atomic E-state index is 0.0954. The predicted octanol–water partition coefficient (Wildman–Crippen LogP) is 9.31. The van der Waals surface area contributed by atoms with Crippen molar-refractivity contribution in [1.82, 2.24) is 14.7 Å². The summed E-state index contributed by atoms with van der Waals surface area (Å²) in [4.78, 5) is 21.6. The summed E-state index contributed by atoms with van der Waals surface area (Å²) in [5.41, 5.74) is 11.5. The fourth-order valence-electron chi connectivity index (χ4n) is 5.85. The highest BCUT2D eigenvalue weighted by Crippen LogP contribution is 2.39. The van der Waals surface area contributed by atoms with Crippen LogP contribution in [-0.2, 0) is 35.9 Å². The van der Waals surface area contributed by atoms with Crippen molar-refractivity contribution in [2.45, 2.75) is 78.5 Å². The summed E-state index contributed by atoms with van der Waals surface area (Å²) in [5.74, 6) is 1.97. The lowest BCUT2D eigenvalue weighted by Gasteiger charge is -2.16. The van der Waals surface area contributed by atoms with Gasteiger partial charge in [-0.15, -0.1) is 22.7 Å². The van der Waals surface area contributed by atoms with Crippen LogP contribution in [0.2, 0.25) is 5.02 Å². The zero-order valence-corrected chi connectivity index (χ0v) is 32.3. The molecule has 0 atom stereocenters. The fraction of sp³-hybridized carbons (Fsp3) is 0.324. The third-order valence-electron chi connectivity index (χ3n) is 8.27. The maximum absolute atomic E-state index is 14.0. The molecular weight excluding hydrogens is 712 g/mol. The number of aromatic nitrogens is 3. The molecule has 0 amide bonds. The quantitative estimate of drug-likeness (QED) is 0.139. The molecule has 50 heavy (non-hydrogen) atoms. The number of thiophene rings is 2. The van der Waals surface area contributed by atoms with Gasteiger partial charge in [0, 0.05) is 53.1 Å². The average molecular weight is 753 g/mol. The van der Waals surface area contributed by atoms with Gasteiger partial charge in [-0.25, -0.2) is 0 Å². The van der Waals surface area contributed by atoms with Gasteiger partial charge in [-0.05, 0) is 87.9 Å². The summed E-state index contributed by atoms with van der Waals surface area (Å²) in [6.45, 7) is 14.4. The van der Waals surface area contributed by atoms with Gasteiger partial charge >= 0.3 is 10.1 Å². The van der Waals surface area contributed by atoms with Crippen LogP contribution in [0.25, 0.3) is 32.5 Å². The molecule has 0 saturated heterocycles. The van der Waals surface area contributed by atoms with Crippen molar-refractivity contribution in [3.05, 3.63) is 102 Å². The number of nitrogens with zero attached hydrogens (tertiary/aromatic N) is 3. The van der Waals surface area contributed by atoms with E-state index >= 15 is 0 Å². The van der Waals surface area contributed by atoms with Crippen LogP contribution in [-0.4, -0.2) is 27.7 Å². The minimum Gasteiger partial charge on any atom is -0.381 e. The number of anilines is 1. The number of nitrogen functional groups attached to an aromatic ring is 1. The van der Waals surface area contributed by atoms with Gasteiger partial charge in [-0.3, -0.25) is 14.3 Å². The molecule has 0 bridgehead atoms. The summed E-state index contributed by atoms with van der Waals surface area (Å²) < 4.78 is 40.2. The van der Waals surface area contributed by atoms with Crippen molar-refractivity contribution in [3.8, 4) is 21.6 Å². The second-order valence-corrected chi connectivity index (χ2v) is 17.2. The zero-order valence-electron chi connectivity index (χ0n) is 29.1. The second-order valence-electron chi connectivity index (χ2n) is 12.6. The fourth-order valence-corrected chi connectivity index (χ4v) is 9.04. The first-order valence-corrected chi connectivity index (χ1v) is 19.8. The molecule has 6 aromatic rings. The van der Waals surface area contributed by atoms with Crippen LogP contribution in [0.4, 0.5) is 5.82 Å². The Bertz CT molecular complexity index is 2330. The van der Waals surface area contributed by atoms with Gasteiger partial charge in [0.25, 0.3) is 5.56 Å². The lowest BCUT2D eigenvalue weighted by Crippen LogP contribution is -2.23. The summed E-state index contributed by atoms with van der Waals surface area (Å²) >= 11 is 9.26. The summed E-state index contributed by atoms with van der Waals surface area (Å²) in [5, 5.41) is 4.96. The van der Waals surface area contributed by atoms with E-state index in [4.69, 9.17) is 26.8 Å². The first-order chi connectivity index (χ1) is 23.6. The van der Waals surface area contributed by atoms with E-state index in [-0.39, 0.29) is 16.3 Å². The monoisotopic (exact) mass is 752 g/mol. The van der Waals surface area contributed by atoms with Crippen LogP contribution in [0.3, 0.4) is 0 Å². The van der Waals surface area contributed by atoms with E-state index in [0.29, 0.717) is 33.4 Å². The maximum atomic E-state index is 14.0. The SMILES string of the molecule is CCc1cc2c(cc(-c3ccc(C)s3)c(=O)n2Cc2ccc(-c3cc(C)sc3S(=O)(=O)O)c(Cl)c2)c(CC)n1.Cc1onc(N)c1CC(C)C. The lowest BCUT2D eigenvalue weighted by molar-refractivity contribution is 0.398. The first-order valence-electron chi connectivity index (χ1n) is 16.3. The Morgan fingerprint density at radius 3 is 2.26 bits per heavy atom. The van der Waals surface area contributed by atoms with E-state index in [9.17, 15) is 17.8 Å². The molecular formula is C37H41ClN4O5S3. The van der Waals surface area contributed by atoms with Gasteiger partial charge in [0.05, 0.1) is 17.6 Å². The third kappa shape index (κ3) is 8.05.